The van der Waals surface area contributed by atoms with Crippen molar-refractivity contribution < 1.29 is 4.42 Å². The summed E-state index contributed by atoms with van der Waals surface area (Å²) in [7, 11) is -6.61. The Morgan fingerprint density at radius 1 is 0.434 bits per heavy atom. The molecule has 53 heavy (non-hydrogen) atoms. The Morgan fingerprint density at radius 3 is 1.38 bits per heavy atom. The quantitative estimate of drug-likeness (QED) is 0.144. The van der Waals surface area contributed by atoms with E-state index in [9.17, 15) is 0 Å². The number of para-hydroxylation sites is 1. The minimum absolute atomic E-state index is 0.651. The predicted molar refractivity (Wildman–Crippen MR) is 239 cm³/mol. The maximum Gasteiger partial charge on any atom is 0.164 e. The van der Waals surface area contributed by atoms with Crippen LogP contribution in [0.25, 0.3) is 67.4 Å². The second-order valence-electron chi connectivity index (χ2n) is 18.6. The van der Waals surface area contributed by atoms with Crippen LogP contribution in [0.3, 0.4) is 0 Å². The number of fused-ring (bicyclic) bond motifs is 3. The number of benzene rings is 4. The minimum Gasteiger partial charge on any atom is -0.455 e. The molecular formula is C44H52N4OSi4. The maximum absolute atomic E-state index is 6.65. The van der Waals surface area contributed by atoms with Crippen LogP contribution in [0, 0.1) is 0 Å². The van der Waals surface area contributed by atoms with Crippen molar-refractivity contribution in [1.82, 2.24) is 19.9 Å². The Kier molecular flexibility index (Phi) is 9.24. The molecule has 270 valence electrons. The van der Waals surface area contributed by atoms with Crippen LogP contribution in [0.1, 0.15) is 0 Å². The van der Waals surface area contributed by atoms with Crippen molar-refractivity contribution in [2.75, 3.05) is 0 Å². The molecule has 0 aliphatic rings. The average Bonchev–Trinajstić information content (AvgIpc) is 3.48. The number of hydrogen-bond donors (Lipinski definition) is 0. The van der Waals surface area contributed by atoms with Gasteiger partial charge in [-0.05, 0) is 30.3 Å². The van der Waals surface area contributed by atoms with Crippen LogP contribution in [0.2, 0.25) is 78.6 Å². The van der Waals surface area contributed by atoms with Crippen molar-refractivity contribution in [3.05, 3.63) is 97.2 Å². The molecule has 0 aliphatic heterocycles. The summed E-state index contributed by atoms with van der Waals surface area (Å²) in [6.45, 7) is 29.1. The first-order valence-electron chi connectivity index (χ1n) is 18.7. The highest BCUT2D eigenvalue weighted by molar-refractivity contribution is 6.92. The molecule has 0 aliphatic carbocycles. The SMILES string of the molecule is C[Si](C)(C)c1cc(-c2nc(-c3cc([Si](C)(C)C)cc([Si](C)(C)C)c3)nc(-c3ccc4c(c3)oc3c(-c5ccccn5)cccc34)n2)cc([Si](C)(C)C)c1. The molecule has 0 amide bonds. The molecule has 0 radical (unpaired) electrons. The lowest BCUT2D eigenvalue weighted by Crippen LogP contribution is -2.45. The summed E-state index contributed by atoms with van der Waals surface area (Å²) in [6.07, 6.45) is 1.82. The molecule has 0 unspecified atom stereocenters. The van der Waals surface area contributed by atoms with Gasteiger partial charge in [0.15, 0.2) is 17.5 Å². The van der Waals surface area contributed by atoms with Crippen LogP contribution in [0.4, 0.5) is 0 Å². The van der Waals surface area contributed by atoms with E-state index >= 15 is 0 Å². The van der Waals surface area contributed by atoms with Gasteiger partial charge in [-0.25, -0.2) is 15.0 Å². The second kappa shape index (κ2) is 13.2. The van der Waals surface area contributed by atoms with Crippen molar-refractivity contribution in [3.63, 3.8) is 0 Å². The fourth-order valence-corrected chi connectivity index (χ4v) is 11.7. The zero-order valence-corrected chi connectivity index (χ0v) is 37.4. The number of furan rings is 1. The number of pyridine rings is 1. The van der Waals surface area contributed by atoms with Crippen molar-refractivity contribution in [3.8, 4) is 45.4 Å². The van der Waals surface area contributed by atoms with Crippen LogP contribution < -0.4 is 20.7 Å². The van der Waals surface area contributed by atoms with E-state index in [2.05, 4.69) is 156 Å². The molecule has 0 fully saturated rings. The first-order valence-corrected chi connectivity index (χ1v) is 32.7. The third-order valence-electron chi connectivity index (χ3n) is 10.2. The van der Waals surface area contributed by atoms with Gasteiger partial charge in [0.2, 0.25) is 0 Å². The second-order valence-corrected chi connectivity index (χ2v) is 38.9. The maximum atomic E-state index is 6.65. The molecule has 0 saturated carbocycles. The van der Waals surface area contributed by atoms with Gasteiger partial charge in [0.1, 0.15) is 11.2 Å². The highest BCUT2D eigenvalue weighted by Crippen LogP contribution is 2.37. The van der Waals surface area contributed by atoms with Gasteiger partial charge in [0, 0.05) is 39.2 Å². The fourth-order valence-electron chi connectivity index (χ4n) is 6.67. The molecule has 4 aromatic carbocycles. The molecule has 7 rings (SSSR count). The third kappa shape index (κ3) is 7.57. The van der Waals surface area contributed by atoms with Crippen LogP contribution in [0.15, 0.2) is 102 Å². The van der Waals surface area contributed by atoms with Crippen molar-refractivity contribution in [2.45, 2.75) is 78.6 Å². The first-order chi connectivity index (χ1) is 24.8. The fraction of sp³-hybridized carbons (Fsp3) is 0.273. The monoisotopic (exact) mass is 764 g/mol. The Balaban J connectivity index is 1.48. The number of rotatable bonds is 8. The largest absolute Gasteiger partial charge is 0.455 e. The van der Waals surface area contributed by atoms with E-state index in [0.717, 1.165) is 61.5 Å². The zero-order valence-electron chi connectivity index (χ0n) is 33.4. The van der Waals surface area contributed by atoms with E-state index in [1.54, 1.807) is 0 Å². The number of hydrogen-bond acceptors (Lipinski definition) is 5. The van der Waals surface area contributed by atoms with Crippen molar-refractivity contribution >= 4 is 75.0 Å². The highest BCUT2D eigenvalue weighted by Gasteiger charge is 2.27. The lowest BCUT2D eigenvalue weighted by atomic mass is 10.1. The smallest absolute Gasteiger partial charge is 0.164 e. The van der Waals surface area contributed by atoms with Gasteiger partial charge in [-0.1, -0.05) is 160 Å². The molecule has 3 heterocycles. The van der Waals surface area contributed by atoms with Crippen LogP contribution >= 0.6 is 0 Å². The number of nitrogens with zero attached hydrogens (tertiary/aromatic N) is 4. The summed E-state index contributed by atoms with van der Waals surface area (Å²) < 4.78 is 6.65. The van der Waals surface area contributed by atoms with Gasteiger partial charge < -0.3 is 4.42 Å². The normalized spacial score (nSPS) is 12.9. The Hall–Kier alpha value is -4.29. The molecule has 0 atom stereocenters. The molecule has 3 aromatic heterocycles. The average molecular weight is 765 g/mol. The zero-order chi connectivity index (χ0) is 38.1. The van der Waals surface area contributed by atoms with Gasteiger partial charge in [-0.3, -0.25) is 4.98 Å². The van der Waals surface area contributed by atoms with Crippen LogP contribution in [0.5, 0.6) is 0 Å². The summed E-state index contributed by atoms with van der Waals surface area (Å²) in [4.78, 5) is 20.5. The van der Waals surface area contributed by atoms with Gasteiger partial charge in [0.05, 0.1) is 38.0 Å². The van der Waals surface area contributed by atoms with E-state index in [4.69, 9.17) is 19.4 Å². The van der Waals surface area contributed by atoms with E-state index in [-0.39, 0.29) is 0 Å². The van der Waals surface area contributed by atoms with E-state index in [1.807, 2.05) is 24.4 Å². The number of aromatic nitrogens is 4. The Bertz CT molecular complexity index is 2340. The molecule has 0 saturated heterocycles. The summed E-state index contributed by atoms with van der Waals surface area (Å²) >= 11 is 0. The summed E-state index contributed by atoms with van der Waals surface area (Å²) in [5.74, 6) is 2.10. The molecule has 0 spiro atoms. The summed E-state index contributed by atoms with van der Waals surface area (Å²) in [6, 6.07) is 33.0. The highest BCUT2D eigenvalue weighted by atomic mass is 28.3. The predicted octanol–water partition coefficient (Wildman–Crippen LogP) is 10.0. The van der Waals surface area contributed by atoms with E-state index in [1.165, 1.54) is 20.7 Å². The molecular weight excluding hydrogens is 713 g/mol. The Labute approximate surface area is 319 Å². The van der Waals surface area contributed by atoms with Gasteiger partial charge in [-0.15, -0.1) is 0 Å². The Morgan fingerprint density at radius 2 is 0.925 bits per heavy atom. The first kappa shape index (κ1) is 37.0. The van der Waals surface area contributed by atoms with Gasteiger partial charge in [-0.2, -0.15) is 0 Å². The standard InChI is InChI=1S/C44H52N4OSi4/c1-50(2,3)32-22-30(23-33(27-32)51(4,5)6)43-46-42(47-44(48-43)31-24-34(52(7,8)9)28-35(25-31)53(10,11)12)29-19-20-36-37-16-15-17-38(39-18-13-14-21-45-39)41(37)49-40(36)26-29/h13-28H,1-12H3. The lowest BCUT2D eigenvalue weighted by molar-refractivity contribution is 0.670. The molecule has 9 heteroatoms. The van der Waals surface area contributed by atoms with Gasteiger partial charge >= 0.3 is 0 Å². The van der Waals surface area contributed by atoms with E-state index in [0.29, 0.717) is 5.82 Å². The third-order valence-corrected chi connectivity index (χ3v) is 18.3. The topological polar surface area (TPSA) is 64.7 Å². The summed E-state index contributed by atoms with van der Waals surface area (Å²) in [5, 5.41) is 7.86. The molecule has 7 aromatic rings. The summed E-state index contributed by atoms with van der Waals surface area (Å²) in [5.41, 5.74) is 6.55. The molecule has 0 N–H and O–H groups in total. The van der Waals surface area contributed by atoms with Crippen molar-refractivity contribution in [2.24, 2.45) is 0 Å². The van der Waals surface area contributed by atoms with Crippen LogP contribution in [-0.2, 0) is 0 Å². The van der Waals surface area contributed by atoms with E-state index < -0.39 is 32.3 Å². The van der Waals surface area contributed by atoms with Crippen molar-refractivity contribution in [1.29, 1.82) is 0 Å². The van der Waals surface area contributed by atoms with Gasteiger partial charge in [0.25, 0.3) is 0 Å². The van der Waals surface area contributed by atoms with Crippen LogP contribution in [-0.4, -0.2) is 52.2 Å². The molecule has 0 bridgehead atoms. The molecule has 5 nitrogen and oxygen atoms in total. The lowest BCUT2D eigenvalue weighted by Gasteiger charge is -2.24. The minimum atomic E-state index is -1.65.